The van der Waals surface area contributed by atoms with E-state index in [2.05, 4.69) is 26.2 Å². The van der Waals surface area contributed by atoms with Gasteiger partial charge in [0.1, 0.15) is 0 Å². The van der Waals surface area contributed by atoms with Crippen LogP contribution in [0.4, 0.5) is 0 Å². The van der Waals surface area contributed by atoms with E-state index in [9.17, 15) is 0 Å². The van der Waals surface area contributed by atoms with E-state index < -0.39 is 0 Å². The van der Waals surface area contributed by atoms with Crippen LogP contribution in [0.3, 0.4) is 0 Å². The first-order valence-electron chi connectivity index (χ1n) is 6.29. The zero-order valence-electron chi connectivity index (χ0n) is 10.7. The summed E-state index contributed by atoms with van der Waals surface area (Å²) in [5.74, 6) is 0.812. The molecule has 0 amide bonds. The first-order valence-corrected chi connectivity index (χ1v) is 6.70. The van der Waals surface area contributed by atoms with Crippen molar-refractivity contribution < 1.29 is 0 Å². The molecule has 20 heavy (non-hydrogen) atoms. The van der Waals surface area contributed by atoms with Crippen molar-refractivity contribution >= 4 is 12.2 Å². The van der Waals surface area contributed by atoms with Gasteiger partial charge in [0.15, 0.2) is 10.6 Å². The van der Waals surface area contributed by atoms with Crippen LogP contribution in [-0.2, 0) is 13.0 Å². The van der Waals surface area contributed by atoms with Crippen molar-refractivity contribution in [2.45, 2.75) is 13.0 Å². The Bertz CT molecular complexity index is 733. The van der Waals surface area contributed by atoms with Gasteiger partial charge in [-0.3, -0.25) is 19.6 Å². The summed E-state index contributed by atoms with van der Waals surface area (Å²) in [4.78, 5) is 8.24. The van der Waals surface area contributed by atoms with Crippen molar-refractivity contribution in [1.82, 2.24) is 24.7 Å². The van der Waals surface area contributed by atoms with Crippen LogP contribution in [0.15, 0.2) is 49.1 Å². The highest BCUT2D eigenvalue weighted by atomic mass is 32.1. The average Bonchev–Trinajstić information content (AvgIpc) is 2.88. The monoisotopic (exact) mass is 283 g/mol. The number of hydrogen-bond donors (Lipinski definition) is 1. The van der Waals surface area contributed by atoms with Crippen LogP contribution in [0, 0.1) is 4.77 Å². The zero-order chi connectivity index (χ0) is 13.8. The standard InChI is InChI=1S/C14H13N5S/c20-14-18-17-13(12-4-2-7-16-10-12)19(14)8-5-11-3-1-6-15-9-11/h1-4,6-7,9-10H,5,8H2,(H,18,20). The van der Waals surface area contributed by atoms with Gasteiger partial charge in [-0.2, -0.15) is 5.10 Å². The summed E-state index contributed by atoms with van der Waals surface area (Å²) in [6, 6.07) is 7.85. The van der Waals surface area contributed by atoms with Gasteiger partial charge in [0.05, 0.1) is 0 Å². The highest BCUT2D eigenvalue weighted by Crippen LogP contribution is 2.16. The van der Waals surface area contributed by atoms with E-state index in [0.717, 1.165) is 24.4 Å². The Kier molecular flexibility index (Phi) is 3.64. The number of nitrogens with zero attached hydrogens (tertiary/aromatic N) is 4. The highest BCUT2D eigenvalue weighted by molar-refractivity contribution is 7.71. The summed E-state index contributed by atoms with van der Waals surface area (Å²) in [6.07, 6.45) is 8.02. The van der Waals surface area contributed by atoms with Crippen LogP contribution < -0.4 is 0 Å². The molecule has 0 fully saturated rings. The predicted molar refractivity (Wildman–Crippen MR) is 78.6 cm³/mol. The molecule has 3 aromatic rings. The van der Waals surface area contributed by atoms with Gasteiger partial charge in [0.2, 0.25) is 0 Å². The molecule has 6 heteroatoms. The number of pyridine rings is 2. The van der Waals surface area contributed by atoms with Gasteiger partial charge in [-0.25, -0.2) is 0 Å². The quantitative estimate of drug-likeness (QED) is 0.748. The first kappa shape index (κ1) is 12.7. The first-order chi connectivity index (χ1) is 9.84. The second kappa shape index (κ2) is 5.75. The van der Waals surface area contributed by atoms with Crippen LogP contribution in [0.1, 0.15) is 5.56 Å². The van der Waals surface area contributed by atoms with Crippen molar-refractivity contribution in [1.29, 1.82) is 0 Å². The number of hydrogen-bond acceptors (Lipinski definition) is 4. The Morgan fingerprint density at radius 2 is 1.90 bits per heavy atom. The molecule has 3 aromatic heterocycles. The molecule has 0 unspecified atom stereocenters. The summed E-state index contributed by atoms with van der Waals surface area (Å²) >= 11 is 5.30. The number of aromatic amines is 1. The lowest BCUT2D eigenvalue weighted by Gasteiger charge is -2.06. The third-order valence-corrected chi connectivity index (χ3v) is 3.34. The van der Waals surface area contributed by atoms with Crippen LogP contribution in [0.5, 0.6) is 0 Å². The van der Waals surface area contributed by atoms with Crippen molar-refractivity contribution in [2.75, 3.05) is 0 Å². The lowest BCUT2D eigenvalue weighted by molar-refractivity contribution is 0.690. The fraction of sp³-hybridized carbons (Fsp3) is 0.143. The van der Waals surface area contributed by atoms with Gasteiger partial charge in [-0.1, -0.05) is 6.07 Å². The van der Waals surface area contributed by atoms with E-state index in [1.807, 2.05) is 29.0 Å². The smallest absolute Gasteiger partial charge is 0.195 e. The SMILES string of the molecule is S=c1[nH]nc(-c2cccnc2)n1CCc1cccnc1. The van der Waals surface area contributed by atoms with Crippen LogP contribution in [-0.4, -0.2) is 24.7 Å². The minimum absolute atomic E-state index is 0.618. The molecule has 1 N–H and O–H groups in total. The summed E-state index contributed by atoms with van der Waals surface area (Å²) in [7, 11) is 0. The fourth-order valence-corrected chi connectivity index (χ4v) is 2.25. The molecule has 0 aliphatic heterocycles. The molecule has 0 saturated heterocycles. The molecule has 0 aromatic carbocycles. The van der Waals surface area contributed by atoms with E-state index in [4.69, 9.17) is 12.2 Å². The average molecular weight is 283 g/mol. The summed E-state index contributed by atoms with van der Waals surface area (Å²) in [6.45, 7) is 0.755. The Morgan fingerprint density at radius 1 is 1.10 bits per heavy atom. The van der Waals surface area contributed by atoms with Crippen molar-refractivity contribution in [3.05, 3.63) is 59.4 Å². The molecular formula is C14H13N5S. The largest absolute Gasteiger partial charge is 0.300 e. The van der Waals surface area contributed by atoms with E-state index in [1.54, 1.807) is 18.6 Å². The van der Waals surface area contributed by atoms with Crippen molar-refractivity contribution in [3.63, 3.8) is 0 Å². The molecule has 0 radical (unpaired) electrons. The summed E-state index contributed by atoms with van der Waals surface area (Å²) in [5, 5.41) is 7.13. The lowest BCUT2D eigenvalue weighted by atomic mass is 10.2. The maximum atomic E-state index is 5.30. The van der Waals surface area contributed by atoms with Crippen molar-refractivity contribution in [3.8, 4) is 11.4 Å². The van der Waals surface area contributed by atoms with Gasteiger partial charge >= 0.3 is 0 Å². The Hall–Kier alpha value is -2.34. The maximum Gasteiger partial charge on any atom is 0.195 e. The van der Waals surface area contributed by atoms with E-state index >= 15 is 0 Å². The van der Waals surface area contributed by atoms with Crippen molar-refractivity contribution in [2.24, 2.45) is 0 Å². The molecule has 0 saturated carbocycles. The molecule has 0 aliphatic carbocycles. The molecular weight excluding hydrogens is 270 g/mol. The van der Waals surface area contributed by atoms with Crippen LogP contribution >= 0.6 is 12.2 Å². The van der Waals surface area contributed by atoms with Crippen LogP contribution in [0.25, 0.3) is 11.4 Å². The number of aryl methyl sites for hydroxylation is 1. The van der Waals surface area contributed by atoms with Crippen LogP contribution in [0.2, 0.25) is 0 Å². The van der Waals surface area contributed by atoms with E-state index in [0.29, 0.717) is 4.77 Å². The summed E-state index contributed by atoms with van der Waals surface area (Å²) < 4.78 is 2.60. The second-order valence-corrected chi connectivity index (χ2v) is 4.74. The molecule has 100 valence electrons. The number of rotatable bonds is 4. The number of H-pyrrole nitrogens is 1. The van der Waals surface area contributed by atoms with Gasteiger partial charge < -0.3 is 0 Å². The molecule has 0 atom stereocenters. The number of nitrogens with one attached hydrogen (secondary N) is 1. The topological polar surface area (TPSA) is 59.4 Å². The number of aromatic nitrogens is 5. The molecule has 3 rings (SSSR count). The third kappa shape index (κ3) is 2.65. The molecule has 0 aliphatic rings. The Balaban J connectivity index is 1.87. The van der Waals surface area contributed by atoms with Gasteiger partial charge in [0.25, 0.3) is 0 Å². The Labute approximate surface area is 121 Å². The predicted octanol–water partition coefficient (Wildman–Crippen LogP) is 2.64. The fourth-order valence-electron chi connectivity index (χ4n) is 2.03. The van der Waals surface area contributed by atoms with E-state index in [-0.39, 0.29) is 0 Å². The Morgan fingerprint density at radius 3 is 2.60 bits per heavy atom. The van der Waals surface area contributed by atoms with E-state index in [1.165, 1.54) is 5.56 Å². The summed E-state index contributed by atoms with van der Waals surface area (Å²) in [5.41, 5.74) is 2.12. The minimum Gasteiger partial charge on any atom is -0.300 e. The zero-order valence-corrected chi connectivity index (χ0v) is 11.5. The molecule has 3 heterocycles. The molecule has 0 bridgehead atoms. The third-order valence-electron chi connectivity index (χ3n) is 3.02. The minimum atomic E-state index is 0.618. The van der Waals surface area contributed by atoms with Gasteiger partial charge in [-0.15, -0.1) is 0 Å². The normalized spacial score (nSPS) is 10.6. The highest BCUT2D eigenvalue weighted by Gasteiger charge is 2.08. The molecule has 0 spiro atoms. The second-order valence-electron chi connectivity index (χ2n) is 4.36. The maximum absolute atomic E-state index is 5.30. The van der Waals surface area contributed by atoms with Gasteiger partial charge in [0, 0.05) is 36.9 Å². The molecule has 5 nitrogen and oxygen atoms in total. The lowest BCUT2D eigenvalue weighted by Crippen LogP contribution is -2.04. The van der Waals surface area contributed by atoms with Gasteiger partial charge in [-0.05, 0) is 42.4 Å².